The monoisotopic (exact) mass is 237 g/mol. The normalized spacial score (nSPS) is 10.6. The van der Waals surface area contributed by atoms with Crippen LogP contribution in [0.5, 0.6) is 11.5 Å². The molecule has 1 aromatic carbocycles. The molecule has 1 heterocycles. The Kier molecular flexibility index (Phi) is 2.78. The predicted molar refractivity (Wildman–Crippen MR) is 64.6 cm³/mol. The maximum absolute atomic E-state index is 11.7. The van der Waals surface area contributed by atoms with Crippen LogP contribution in [0.25, 0.3) is 10.9 Å². The summed E-state index contributed by atoms with van der Waals surface area (Å²) in [5.41, 5.74) is 0.544. The smallest absolute Gasteiger partial charge is 0.190 e. The average Bonchev–Trinajstić information content (AvgIpc) is 2.29. The molecule has 0 radical (unpaired) electrons. The summed E-state index contributed by atoms with van der Waals surface area (Å²) in [5.74, 6) is 0.318. The molecule has 0 amide bonds. The molecule has 16 heavy (non-hydrogen) atoms. The number of thioether (sulfide) groups is 1. The molecule has 0 bridgehead atoms. The summed E-state index contributed by atoms with van der Waals surface area (Å²) >= 11 is 1.46. The number of ether oxygens (including phenoxy) is 1. The Morgan fingerprint density at radius 3 is 2.75 bits per heavy atom. The highest BCUT2D eigenvalue weighted by Crippen LogP contribution is 2.29. The highest BCUT2D eigenvalue weighted by molar-refractivity contribution is 7.98. The van der Waals surface area contributed by atoms with Gasteiger partial charge in [0.25, 0.3) is 0 Å². The van der Waals surface area contributed by atoms with Crippen molar-refractivity contribution in [3.8, 4) is 11.5 Å². The van der Waals surface area contributed by atoms with Crippen LogP contribution in [-0.2, 0) is 0 Å². The number of rotatable bonds is 2. The van der Waals surface area contributed by atoms with Crippen LogP contribution in [0.3, 0.4) is 0 Å². The summed E-state index contributed by atoms with van der Waals surface area (Å²) in [7, 11) is 1.47. The van der Waals surface area contributed by atoms with Crippen LogP contribution in [-0.4, -0.2) is 23.5 Å². The summed E-state index contributed by atoms with van der Waals surface area (Å²) in [6.07, 6.45) is 1.88. The zero-order valence-corrected chi connectivity index (χ0v) is 9.72. The largest absolute Gasteiger partial charge is 0.504 e. The van der Waals surface area contributed by atoms with Crippen LogP contribution in [0.1, 0.15) is 0 Å². The van der Waals surface area contributed by atoms with Crippen molar-refractivity contribution in [3.05, 3.63) is 28.4 Å². The third-order valence-electron chi connectivity index (χ3n) is 2.32. The molecule has 84 valence electrons. The molecule has 0 aliphatic rings. The van der Waals surface area contributed by atoms with Crippen molar-refractivity contribution < 1.29 is 9.84 Å². The number of H-pyrrole nitrogens is 1. The molecular formula is C11H11NO3S. The second-order valence-electron chi connectivity index (χ2n) is 3.27. The van der Waals surface area contributed by atoms with Crippen molar-refractivity contribution in [1.82, 2.24) is 4.98 Å². The molecule has 0 fully saturated rings. The first kappa shape index (κ1) is 10.9. The molecule has 0 saturated heterocycles. The van der Waals surface area contributed by atoms with Crippen LogP contribution in [0, 0.1) is 0 Å². The Morgan fingerprint density at radius 2 is 2.12 bits per heavy atom. The minimum atomic E-state index is -0.115. The SMILES string of the molecule is COc1cc2[nH]c(SC)cc(=O)c2cc1O. The number of phenols is 1. The number of nitrogens with one attached hydrogen (secondary N) is 1. The Morgan fingerprint density at radius 1 is 1.38 bits per heavy atom. The molecule has 0 unspecified atom stereocenters. The molecule has 2 aromatic rings. The Bertz CT molecular complexity index is 592. The minimum Gasteiger partial charge on any atom is -0.504 e. The van der Waals surface area contributed by atoms with E-state index in [-0.39, 0.29) is 11.2 Å². The maximum Gasteiger partial charge on any atom is 0.190 e. The van der Waals surface area contributed by atoms with Gasteiger partial charge < -0.3 is 14.8 Å². The molecule has 0 aliphatic carbocycles. The lowest BCUT2D eigenvalue weighted by atomic mass is 10.2. The number of aromatic amines is 1. The van der Waals surface area contributed by atoms with Crippen molar-refractivity contribution >= 4 is 22.7 Å². The summed E-state index contributed by atoms with van der Waals surface area (Å²) in [4.78, 5) is 14.8. The van der Waals surface area contributed by atoms with E-state index in [9.17, 15) is 9.90 Å². The number of aromatic nitrogens is 1. The van der Waals surface area contributed by atoms with Crippen molar-refractivity contribution in [2.45, 2.75) is 5.03 Å². The van der Waals surface area contributed by atoms with Gasteiger partial charge in [-0.3, -0.25) is 4.79 Å². The molecule has 4 nitrogen and oxygen atoms in total. The van der Waals surface area contributed by atoms with Crippen molar-refractivity contribution in [2.24, 2.45) is 0 Å². The fourth-order valence-corrected chi connectivity index (χ4v) is 1.95. The van der Waals surface area contributed by atoms with E-state index >= 15 is 0 Å². The van der Waals surface area contributed by atoms with E-state index in [1.807, 2.05) is 6.26 Å². The molecule has 5 heteroatoms. The number of pyridine rings is 1. The van der Waals surface area contributed by atoms with Gasteiger partial charge in [-0.15, -0.1) is 11.8 Å². The van der Waals surface area contributed by atoms with Gasteiger partial charge in [0.2, 0.25) is 0 Å². The fraction of sp³-hybridized carbons (Fsp3) is 0.182. The van der Waals surface area contributed by atoms with E-state index < -0.39 is 0 Å². The first-order chi connectivity index (χ1) is 7.65. The van der Waals surface area contributed by atoms with Crippen molar-refractivity contribution in [2.75, 3.05) is 13.4 Å². The number of methoxy groups -OCH3 is 1. The molecular weight excluding hydrogens is 226 g/mol. The quantitative estimate of drug-likeness (QED) is 0.784. The van der Waals surface area contributed by atoms with Crippen molar-refractivity contribution in [1.29, 1.82) is 0 Å². The van der Waals surface area contributed by atoms with Gasteiger partial charge in [0.1, 0.15) is 0 Å². The standard InChI is InChI=1S/C11H11NO3S/c1-15-10-4-7-6(3-9(10)14)8(13)5-11(12-7)16-2/h3-5,14H,1-2H3,(H,12,13). The summed E-state index contributed by atoms with van der Waals surface area (Å²) in [6, 6.07) is 4.54. The van der Waals surface area contributed by atoms with Gasteiger partial charge in [-0.2, -0.15) is 0 Å². The Balaban J connectivity index is 2.80. The second-order valence-corrected chi connectivity index (χ2v) is 4.12. The number of fused-ring (bicyclic) bond motifs is 1. The van der Waals surface area contributed by atoms with Gasteiger partial charge in [0, 0.05) is 17.5 Å². The number of hydrogen-bond donors (Lipinski definition) is 2. The number of hydrogen-bond acceptors (Lipinski definition) is 4. The summed E-state index contributed by atoms with van der Waals surface area (Å²) in [5, 5.41) is 10.8. The van der Waals surface area contributed by atoms with Crippen LogP contribution in [0.4, 0.5) is 0 Å². The summed E-state index contributed by atoms with van der Waals surface area (Å²) < 4.78 is 4.99. The van der Waals surface area contributed by atoms with E-state index in [0.717, 1.165) is 5.03 Å². The van der Waals surface area contributed by atoms with E-state index in [0.29, 0.717) is 16.7 Å². The second kappa shape index (κ2) is 4.09. The zero-order chi connectivity index (χ0) is 11.7. The lowest BCUT2D eigenvalue weighted by Gasteiger charge is -2.06. The van der Waals surface area contributed by atoms with Crippen molar-refractivity contribution in [3.63, 3.8) is 0 Å². The van der Waals surface area contributed by atoms with Crippen LogP contribution >= 0.6 is 11.8 Å². The fourth-order valence-electron chi connectivity index (χ4n) is 1.51. The third kappa shape index (κ3) is 1.74. The first-order valence-electron chi connectivity index (χ1n) is 4.63. The number of phenolic OH excluding ortho intramolecular Hbond substituents is 1. The van der Waals surface area contributed by atoms with E-state index in [1.54, 1.807) is 6.07 Å². The summed E-state index contributed by atoms with van der Waals surface area (Å²) in [6.45, 7) is 0. The number of benzene rings is 1. The Hall–Kier alpha value is -1.62. The molecule has 1 aromatic heterocycles. The van der Waals surface area contributed by atoms with Gasteiger partial charge in [-0.1, -0.05) is 0 Å². The average molecular weight is 237 g/mol. The lowest BCUT2D eigenvalue weighted by molar-refractivity contribution is 0.374. The van der Waals surface area contributed by atoms with Crippen LogP contribution in [0.2, 0.25) is 0 Å². The highest BCUT2D eigenvalue weighted by Gasteiger charge is 2.07. The van der Waals surface area contributed by atoms with E-state index in [1.165, 1.54) is 31.0 Å². The lowest BCUT2D eigenvalue weighted by Crippen LogP contribution is -2.02. The first-order valence-corrected chi connectivity index (χ1v) is 5.86. The molecule has 0 spiro atoms. The van der Waals surface area contributed by atoms with E-state index in [4.69, 9.17) is 4.74 Å². The highest BCUT2D eigenvalue weighted by atomic mass is 32.2. The zero-order valence-electron chi connectivity index (χ0n) is 8.90. The topological polar surface area (TPSA) is 62.3 Å². The third-order valence-corrected chi connectivity index (χ3v) is 2.98. The van der Waals surface area contributed by atoms with Gasteiger partial charge in [-0.25, -0.2) is 0 Å². The van der Waals surface area contributed by atoms with Gasteiger partial charge in [-0.05, 0) is 12.3 Å². The maximum atomic E-state index is 11.7. The number of aromatic hydroxyl groups is 1. The molecule has 2 rings (SSSR count). The Labute approximate surface area is 96.3 Å². The van der Waals surface area contributed by atoms with Crippen LogP contribution < -0.4 is 10.2 Å². The van der Waals surface area contributed by atoms with Gasteiger partial charge >= 0.3 is 0 Å². The van der Waals surface area contributed by atoms with E-state index in [2.05, 4.69) is 4.98 Å². The molecule has 0 aliphatic heterocycles. The molecule has 0 atom stereocenters. The van der Waals surface area contributed by atoms with Crippen LogP contribution in [0.15, 0.2) is 28.0 Å². The molecule has 0 saturated carbocycles. The minimum absolute atomic E-state index is 0.0302. The van der Waals surface area contributed by atoms with Gasteiger partial charge in [0.05, 0.1) is 17.7 Å². The molecule has 2 N–H and O–H groups in total. The van der Waals surface area contributed by atoms with Gasteiger partial charge in [0.15, 0.2) is 16.9 Å². The predicted octanol–water partition coefficient (Wildman–Crippen LogP) is 1.96.